The van der Waals surface area contributed by atoms with Gasteiger partial charge in [0.2, 0.25) is 0 Å². The molecule has 1 atom stereocenters. The molecule has 1 unspecified atom stereocenters. The topological polar surface area (TPSA) is 49.9 Å². The second-order valence-corrected chi connectivity index (χ2v) is 7.64. The number of nitrogens with one attached hydrogen (secondary N) is 1. The largest absolute Gasteiger partial charge is 0.456 e. The van der Waals surface area contributed by atoms with Crippen molar-refractivity contribution < 1.29 is 4.42 Å². The van der Waals surface area contributed by atoms with Crippen LogP contribution in [-0.2, 0) is 0 Å². The third-order valence-corrected chi connectivity index (χ3v) is 5.62. The van der Waals surface area contributed by atoms with Gasteiger partial charge in [0.15, 0.2) is 11.5 Å². The predicted molar refractivity (Wildman–Crippen MR) is 123 cm³/mol. The number of rotatable bonds is 2. The lowest BCUT2D eigenvalue weighted by Gasteiger charge is -2.19. The van der Waals surface area contributed by atoms with Crippen molar-refractivity contribution in [3.63, 3.8) is 0 Å². The van der Waals surface area contributed by atoms with Gasteiger partial charge in [0.25, 0.3) is 0 Å². The fourth-order valence-corrected chi connectivity index (χ4v) is 4.22. The highest BCUT2D eigenvalue weighted by molar-refractivity contribution is 6.66. The van der Waals surface area contributed by atoms with Gasteiger partial charge in [0.1, 0.15) is 17.0 Å². The summed E-state index contributed by atoms with van der Waals surface area (Å²) in [7, 11) is 0. The SMILES string of the molecule is ClC1=NC(c2ccccc2)N=C(c2cccc3oc4cc5ccccc5cc4c23)N1. The molecule has 144 valence electrons. The maximum Gasteiger partial charge on any atom is 0.199 e. The molecular weight excluding hydrogens is 394 g/mol. The Hall–Kier alpha value is -3.63. The van der Waals surface area contributed by atoms with E-state index in [2.05, 4.69) is 34.6 Å². The van der Waals surface area contributed by atoms with Crippen molar-refractivity contribution in [3.8, 4) is 0 Å². The van der Waals surface area contributed by atoms with E-state index in [1.165, 1.54) is 5.39 Å². The lowest BCUT2D eigenvalue weighted by atomic mass is 10.0. The Morgan fingerprint density at radius 3 is 2.37 bits per heavy atom. The molecule has 1 aliphatic heterocycles. The number of benzene rings is 4. The third-order valence-electron chi connectivity index (χ3n) is 5.42. The van der Waals surface area contributed by atoms with Crippen molar-refractivity contribution in [2.75, 3.05) is 0 Å². The summed E-state index contributed by atoms with van der Waals surface area (Å²) >= 11 is 6.36. The third kappa shape index (κ3) is 2.77. The minimum Gasteiger partial charge on any atom is -0.456 e. The molecule has 0 bridgehead atoms. The Kier molecular flexibility index (Phi) is 3.86. The summed E-state index contributed by atoms with van der Waals surface area (Å²) in [5.41, 5.74) is 3.60. The second kappa shape index (κ2) is 6.71. The minimum atomic E-state index is -0.385. The molecule has 0 radical (unpaired) electrons. The minimum absolute atomic E-state index is 0.323. The molecule has 0 saturated carbocycles. The first kappa shape index (κ1) is 17.2. The van der Waals surface area contributed by atoms with Gasteiger partial charge in [-0.3, -0.25) is 0 Å². The van der Waals surface area contributed by atoms with Gasteiger partial charge in [0, 0.05) is 16.3 Å². The molecule has 4 aromatic carbocycles. The monoisotopic (exact) mass is 409 g/mol. The molecule has 5 aromatic rings. The molecule has 0 saturated heterocycles. The maximum atomic E-state index is 6.36. The van der Waals surface area contributed by atoms with Crippen molar-refractivity contribution in [2.45, 2.75) is 6.17 Å². The van der Waals surface area contributed by atoms with Crippen LogP contribution in [0.25, 0.3) is 32.7 Å². The van der Waals surface area contributed by atoms with Gasteiger partial charge in [-0.2, -0.15) is 0 Å². The van der Waals surface area contributed by atoms with Crippen molar-refractivity contribution in [3.05, 3.63) is 96.1 Å². The summed E-state index contributed by atoms with van der Waals surface area (Å²) < 4.78 is 6.18. The van der Waals surface area contributed by atoms with Crippen LogP contribution in [-0.4, -0.2) is 11.1 Å². The molecule has 0 aliphatic carbocycles. The van der Waals surface area contributed by atoms with Crippen molar-refractivity contribution >= 4 is 55.4 Å². The number of fused-ring (bicyclic) bond motifs is 4. The van der Waals surface area contributed by atoms with Crippen LogP contribution in [0.1, 0.15) is 17.3 Å². The van der Waals surface area contributed by atoms with Gasteiger partial charge in [-0.05, 0) is 46.1 Å². The highest BCUT2D eigenvalue weighted by Gasteiger charge is 2.21. The summed E-state index contributed by atoms with van der Waals surface area (Å²) in [5.74, 6) is 0.685. The van der Waals surface area contributed by atoms with E-state index in [9.17, 15) is 0 Å². The van der Waals surface area contributed by atoms with E-state index < -0.39 is 0 Å². The molecule has 2 heterocycles. The van der Waals surface area contributed by atoms with Crippen LogP contribution in [0.4, 0.5) is 0 Å². The van der Waals surface area contributed by atoms with E-state index in [4.69, 9.17) is 21.0 Å². The summed E-state index contributed by atoms with van der Waals surface area (Å²) in [6, 6.07) is 28.5. The Labute approximate surface area is 177 Å². The van der Waals surface area contributed by atoms with Gasteiger partial charge < -0.3 is 9.73 Å². The standard InChI is InChI=1S/C25H16ClN3O/c26-25-28-23(15-7-2-1-3-8-15)27-24(29-25)18-11-6-12-20-22(18)19-13-16-9-4-5-10-17(16)14-21(19)30-20/h1-14,23H,(H,27,28,29). The van der Waals surface area contributed by atoms with Crippen LogP contribution in [0.2, 0.25) is 0 Å². The lowest BCUT2D eigenvalue weighted by Crippen LogP contribution is -2.32. The molecule has 6 rings (SSSR count). The van der Waals surface area contributed by atoms with Crippen molar-refractivity contribution in [2.24, 2.45) is 9.98 Å². The van der Waals surface area contributed by atoms with Gasteiger partial charge in [-0.25, -0.2) is 9.98 Å². The fourth-order valence-electron chi connectivity index (χ4n) is 4.04. The summed E-state index contributed by atoms with van der Waals surface area (Å²) in [4.78, 5) is 9.32. The first-order valence-corrected chi connectivity index (χ1v) is 10.1. The first-order chi connectivity index (χ1) is 14.8. The predicted octanol–water partition coefficient (Wildman–Crippen LogP) is 6.38. The first-order valence-electron chi connectivity index (χ1n) is 9.74. The number of nitrogens with zero attached hydrogens (tertiary/aromatic N) is 2. The van der Waals surface area contributed by atoms with E-state index in [0.717, 1.165) is 38.5 Å². The highest BCUT2D eigenvalue weighted by Crippen LogP contribution is 2.35. The van der Waals surface area contributed by atoms with Crippen LogP contribution in [0.3, 0.4) is 0 Å². The van der Waals surface area contributed by atoms with Crippen LogP contribution in [0, 0.1) is 0 Å². The van der Waals surface area contributed by atoms with Crippen LogP contribution in [0.15, 0.2) is 99.3 Å². The Morgan fingerprint density at radius 1 is 0.767 bits per heavy atom. The van der Waals surface area contributed by atoms with Gasteiger partial charge in [-0.15, -0.1) is 0 Å². The Balaban J connectivity index is 1.58. The number of aliphatic imine (C=N–C) groups is 2. The van der Waals surface area contributed by atoms with Crippen molar-refractivity contribution in [1.82, 2.24) is 5.32 Å². The number of furan rings is 1. The van der Waals surface area contributed by atoms with E-state index in [1.54, 1.807) is 0 Å². The normalized spacial score (nSPS) is 16.5. The number of amidine groups is 2. The van der Waals surface area contributed by atoms with Crippen LogP contribution in [0.5, 0.6) is 0 Å². The van der Waals surface area contributed by atoms with E-state index in [0.29, 0.717) is 11.1 Å². The number of halogens is 1. The lowest BCUT2D eigenvalue weighted by molar-refractivity contribution is 0.669. The van der Waals surface area contributed by atoms with Gasteiger partial charge in [-0.1, -0.05) is 66.7 Å². The smallest absolute Gasteiger partial charge is 0.199 e. The van der Waals surface area contributed by atoms with Crippen molar-refractivity contribution in [1.29, 1.82) is 0 Å². The molecule has 5 heteroatoms. The van der Waals surface area contributed by atoms with Crippen LogP contribution >= 0.6 is 11.6 Å². The summed E-state index contributed by atoms with van der Waals surface area (Å²) in [6.07, 6.45) is -0.385. The Bertz CT molecular complexity index is 1480. The van der Waals surface area contributed by atoms with E-state index >= 15 is 0 Å². The Morgan fingerprint density at radius 2 is 1.53 bits per heavy atom. The van der Waals surface area contributed by atoms with Gasteiger partial charge in [0.05, 0.1) is 0 Å². The number of hydrogen-bond donors (Lipinski definition) is 1. The van der Waals surface area contributed by atoms with Crippen LogP contribution < -0.4 is 5.32 Å². The number of hydrogen-bond acceptors (Lipinski definition) is 4. The molecule has 1 N–H and O–H groups in total. The zero-order valence-corrected chi connectivity index (χ0v) is 16.6. The average Bonchev–Trinajstić information content (AvgIpc) is 3.15. The molecule has 1 aliphatic rings. The molecule has 1 aromatic heterocycles. The molecule has 4 nitrogen and oxygen atoms in total. The molecule has 0 fully saturated rings. The molecular formula is C25H16ClN3O. The van der Waals surface area contributed by atoms with E-state index in [1.807, 2.05) is 60.7 Å². The molecule has 30 heavy (non-hydrogen) atoms. The second-order valence-electron chi connectivity index (χ2n) is 7.28. The fraction of sp³-hybridized carbons (Fsp3) is 0.0400. The zero-order valence-electron chi connectivity index (χ0n) is 15.8. The quantitative estimate of drug-likeness (QED) is 0.344. The summed E-state index contributed by atoms with van der Waals surface area (Å²) in [5, 5.41) is 7.85. The zero-order chi connectivity index (χ0) is 20.1. The maximum absolute atomic E-state index is 6.36. The van der Waals surface area contributed by atoms with Gasteiger partial charge >= 0.3 is 0 Å². The summed E-state index contributed by atoms with van der Waals surface area (Å²) in [6.45, 7) is 0. The van der Waals surface area contributed by atoms with E-state index in [-0.39, 0.29) is 6.17 Å². The average molecular weight is 410 g/mol. The molecule has 0 amide bonds. The highest BCUT2D eigenvalue weighted by atomic mass is 35.5. The molecule has 0 spiro atoms.